The highest BCUT2D eigenvalue weighted by Crippen LogP contribution is 2.34. The van der Waals surface area contributed by atoms with Crippen LogP contribution in [-0.2, 0) is 14.3 Å². The molecule has 3 nitrogen and oxygen atoms in total. The van der Waals surface area contributed by atoms with Crippen molar-refractivity contribution in [3.63, 3.8) is 0 Å². The molecule has 0 radical (unpaired) electrons. The fraction of sp³-hybridized carbons (Fsp3) is 0.500. The van der Waals surface area contributed by atoms with E-state index in [0.717, 1.165) is 31.3 Å². The summed E-state index contributed by atoms with van der Waals surface area (Å²) in [6, 6.07) is 0. The summed E-state index contributed by atoms with van der Waals surface area (Å²) in [5.74, 6) is 0.158. The Morgan fingerprint density at radius 2 is 1.53 bits per heavy atom. The number of ketones is 2. The molecule has 2 aliphatic rings. The molecule has 0 saturated heterocycles. The molecule has 0 bridgehead atoms. The van der Waals surface area contributed by atoms with Gasteiger partial charge in [0.15, 0.2) is 11.5 Å². The Labute approximate surface area is 88.8 Å². The molecular formula is C12H14O3. The molecule has 0 N–H and O–H groups in total. The average Bonchev–Trinajstić information content (AvgIpc) is 2.27. The van der Waals surface area contributed by atoms with Crippen molar-refractivity contribution in [1.29, 1.82) is 0 Å². The van der Waals surface area contributed by atoms with Crippen molar-refractivity contribution in [3.05, 3.63) is 22.5 Å². The monoisotopic (exact) mass is 206 g/mol. The minimum atomic E-state index is -0.0794. The minimum Gasteiger partial charge on any atom is -0.492 e. The lowest BCUT2D eigenvalue weighted by Crippen LogP contribution is -2.25. The smallest absolute Gasteiger partial charge is 0.224 e. The van der Waals surface area contributed by atoms with Gasteiger partial charge in [0.05, 0.1) is 7.11 Å². The van der Waals surface area contributed by atoms with Gasteiger partial charge in [-0.3, -0.25) is 9.59 Å². The van der Waals surface area contributed by atoms with Gasteiger partial charge in [-0.05, 0) is 32.6 Å². The third-order valence-corrected chi connectivity index (χ3v) is 3.11. The van der Waals surface area contributed by atoms with Crippen LogP contribution in [0.5, 0.6) is 0 Å². The molecule has 0 aliphatic heterocycles. The zero-order valence-electron chi connectivity index (χ0n) is 9.05. The molecule has 0 fully saturated rings. The Balaban J connectivity index is 2.49. The van der Waals surface area contributed by atoms with Gasteiger partial charge in [-0.1, -0.05) is 0 Å². The van der Waals surface area contributed by atoms with E-state index in [0.29, 0.717) is 11.1 Å². The van der Waals surface area contributed by atoms with Crippen molar-refractivity contribution in [2.45, 2.75) is 32.6 Å². The van der Waals surface area contributed by atoms with E-state index in [1.54, 1.807) is 6.92 Å². The first-order valence-electron chi connectivity index (χ1n) is 5.23. The number of rotatable bonds is 1. The third-order valence-electron chi connectivity index (χ3n) is 3.11. The maximum absolute atomic E-state index is 12.0. The number of hydrogen-bond acceptors (Lipinski definition) is 3. The van der Waals surface area contributed by atoms with Gasteiger partial charge in [0.1, 0.15) is 0 Å². The van der Waals surface area contributed by atoms with E-state index in [2.05, 4.69) is 0 Å². The summed E-state index contributed by atoms with van der Waals surface area (Å²) in [5, 5.41) is 0. The molecule has 0 spiro atoms. The summed E-state index contributed by atoms with van der Waals surface area (Å²) in [7, 11) is 1.44. The van der Waals surface area contributed by atoms with Crippen LogP contribution in [-0.4, -0.2) is 18.7 Å². The fourth-order valence-electron chi connectivity index (χ4n) is 2.29. The maximum Gasteiger partial charge on any atom is 0.224 e. The van der Waals surface area contributed by atoms with Gasteiger partial charge in [-0.2, -0.15) is 0 Å². The number of carbonyl (C=O) groups is 2. The predicted octanol–water partition coefficient (Wildman–Crippen LogP) is 1.93. The largest absolute Gasteiger partial charge is 0.492 e. The van der Waals surface area contributed by atoms with Crippen LogP contribution in [0.25, 0.3) is 0 Å². The molecule has 15 heavy (non-hydrogen) atoms. The van der Waals surface area contributed by atoms with Crippen molar-refractivity contribution < 1.29 is 14.3 Å². The Hall–Kier alpha value is -1.38. The zero-order chi connectivity index (χ0) is 11.0. The lowest BCUT2D eigenvalue weighted by molar-refractivity contribution is -0.119. The summed E-state index contributed by atoms with van der Waals surface area (Å²) >= 11 is 0. The van der Waals surface area contributed by atoms with E-state index >= 15 is 0 Å². The average molecular weight is 206 g/mol. The number of hydrogen-bond donors (Lipinski definition) is 0. The molecule has 0 atom stereocenters. The molecule has 2 rings (SSSR count). The Bertz CT molecular complexity index is 399. The highest BCUT2D eigenvalue weighted by Gasteiger charge is 2.33. The number of allylic oxidation sites excluding steroid dienone is 3. The van der Waals surface area contributed by atoms with Crippen LogP contribution in [0.1, 0.15) is 32.6 Å². The summed E-state index contributed by atoms with van der Waals surface area (Å²) < 4.78 is 5.01. The van der Waals surface area contributed by atoms with E-state index < -0.39 is 0 Å². The number of ether oxygens (including phenoxy) is 1. The molecule has 0 heterocycles. The molecule has 3 heteroatoms. The molecule has 2 aliphatic carbocycles. The van der Waals surface area contributed by atoms with Gasteiger partial charge in [0.2, 0.25) is 5.78 Å². The van der Waals surface area contributed by atoms with E-state index in [9.17, 15) is 9.59 Å². The lowest BCUT2D eigenvalue weighted by atomic mass is 9.80. The summed E-state index contributed by atoms with van der Waals surface area (Å²) in [4.78, 5) is 23.9. The van der Waals surface area contributed by atoms with Crippen molar-refractivity contribution in [2.24, 2.45) is 0 Å². The van der Waals surface area contributed by atoms with E-state index in [-0.39, 0.29) is 17.3 Å². The van der Waals surface area contributed by atoms with Crippen molar-refractivity contribution in [3.8, 4) is 0 Å². The first kappa shape index (κ1) is 10.1. The van der Waals surface area contributed by atoms with Crippen LogP contribution in [0.2, 0.25) is 0 Å². The van der Waals surface area contributed by atoms with Crippen LogP contribution in [0.4, 0.5) is 0 Å². The van der Waals surface area contributed by atoms with Crippen molar-refractivity contribution in [2.75, 3.05) is 7.11 Å². The fourth-order valence-corrected chi connectivity index (χ4v) is 2.29. The molecule has 0 amide bonds. The molecule has 0 saturated carbocycles. The van der Waals surface area contributed by atoms with Crippen LogP contribution >= 0.6 is 0 Å². The second kappa shape index (κ2) is 3.65. The molecule has 0 aromatic heterocycles. The van der Waals surface area contributed by atoms with Crippen LogP contribution in [0.3, 0.4) is 0 Å². The first-order chi connectivity index (χ1) is 7.16. The van der Waals surface area contributed by atoms with E-state index in [1.807, 2.05) is 0 Å². The zero-order valence-corrected chi connectivity index (χ0v) is 9.05. The van der Waals surface area contributed by atoms with Gasteiger partial charge in [-0.25, -0.2) is 0 Å². The number of carbonyl (C=O) groups excluding carboxylic acids is 2. The van der Waals surface area contributed by atoms with Gasteiger partial charge in [-0.15, -0.1) is 0 Å². The summed E-state index contributed by atoms with van der Waals surface area (Å²) in [5.41, 5.74) is 1.88. The molecule has 0 aromatic rings. The highest BCUT2D eigenvalue weighted by molar-refractivity contribution is 6.24. The number of Topliss-reactive ketones (excluding diaryl/α,β-unsaturated/α-hetero) is 2. The predicted molar refractivity (Wildman–Crippen MR) is 55.2 cm³/mol. The van der Waals surface area contributed by atoms with E-state index in [4.69, 9.17) is 4.74 Å². The van der Waals surface area contributed by atoms with Crippen LogP contribution in [0.15, 0.2) is 22.5 Å². The molecule has 80 valence electrons. The maximum atomic E-state index is 12.0. The summed E-state index contributed by atoms with van der Waals surface area (Å²) in [6.07, 6.45) is 3.47. The Morgan fingerprint density at radius 3 is 2.07 bits per heavy atom. The van der Waals surface area contributed by atoms with Crippen LogP contribution in [0, 0.1) is 0 Å². The molecular weight excluding hydrogens is 192 g/mol. The minimum absolute atomic E-state index is 0.00106. The molecule has 0 aromatic carbocycles. The van der Waals surface area contributed by atoms with E-state index in [1.165, 1.54) is 7.11 Å². The second-order valence-electron chi connectivity index (χ2n) is 3.98. The second-order valence-corrected chi connectivity index (χ2v) is 3.98. The first-order valence-corrected chi connectivity index (χ1v) is 5.23. The Morgan fingerprint density at radius 1 is 1.00 bits per heavy atom. The lowest BCUT2D eigenvalue weighted by Gasteiger charge is -2.24. The van der Waals surface area contributed by atoms with Crippen molar-refractivity contribution in [1.82, 2.24) is 0 Å². The number of methoxy groups -OCH3 is 1. The molecule has 0 unspecified atom stereocenters. The van der Waals surface area contributed by atoms with Gasteiger partial charge < -0.3 is 4.74 Å². The van der Waals surface area contributed by atoms with Gasteiger partial charge >= 0.3 is 0 Å². The standard InChI is InChI=1S/C12H14O3/c1-7-10(13)8-5-3-4-6-9(8)11(14)12(7)15-2/h3-6H2,1-2H3. The van der Waals surface area contributed by atoms with Crippen LogP contribution < -0.4 is 0 Å². The quantitative estimate of drug-likeness (QED) is 0.616. The highest BCUT2D eigenvalue weighted by atomic mass is 16.5. The SMILES string of the molecule is COC1=C(C)C(=O)C2=C(CCCC2)C1=O. The summed E-state index contributed by atoms with van der Waals surface area (Å²) in [6.45, 7) is 1.66. The van der Waals surface area contributed by atoms with Crippen molar-refractivity contribution >= 4 is 11.6 Å². The topological polar surface area (TPSA) is 43.4 Å². The van der Waals surface area contributed by atoms with Gasteiger partial charge in [0.25, 0.3) is 0 Å². The third kappa shape index (κ3) is 1.42. The van der Waals surface area contributed by atoms with Gasteiger partial charge in [0, 0.05) is 16.7 Å². The normalized spacial score (nSPS) is 22.0. The Kier molecular flexibility index (Phi) is 2.47.